The van der Waals surface area contributed by atoms with E-state index in [0.717, 1.165) is 20.6 Å². The molecule has 1 aliphatic rings. The number of amides is 1. The topological polar surface area (TPSA) is 50.4 Å². The summed E-state index contributed by atoms with van der Waals surface area (Å²) in [5, 5.41) is 4.85. The molecule has 3 rings (SSSR count). The van der Waals surface area contributed by atoms with Crippen LogP contribution >= 0.6 is 27.3 Å². The molecule has 2 N–H and O–H groups in total. The van der Waals surface area contributed by atoms with Crippen molar-refractivity contribution >= 4 is 38.9 Å². The third-order valence-electron chi connectivity index (χ3n) is 3.02. The summed E-state index contributed by atoms with van der Waals surface area (Å²) in [6.45, 7) is 0.524. The number of hydrogen-bond donors (Lipinski definition) is 2. The van der Waals surface area contributed by atoms with E-state index < -0.39 is 6.10 Å². The fourth-order valence-electron chi connectivity index (χ4n) is 1.97. The number of hydroxylamine groups is 1. The highest BCUT2D eigenvalue weighted by molar-refractivity contribution is 9.10. The number of halogens is 1. The standard InChI is InChI=1S/C15H13BrN2O2S/c16-11-4-1-3-10(7-11)13-8-14(20-18-13)15(19)17-9-12-5-2-6-21-12/h1-8,14,18H,9H2,(H,17,19)/t14-/m1/s1. The molecule has 1 aromatic heterocycles. The Bertz CT molecular complexity index is 670. The Morgan fingerprint density at radius 2 is 2.29 bits per heavy atom. The number of benzene rings is 1. The van der Waals surface area contributed by atoms with Gasteiger partial charge < -0.3 is 5.32 Å². The fraction of sp³-hybridized carbons (Fsp3) is 0.133. The van der Waals surface area contributed by atoms with Gasteiger partial charge in [-0.3, -0.25) is 15.1 Å². The minimum atomic E-state index is -0.612. The van der Waals surface area contributed by atoms with Crippen molar-refractivity contribution in [3.63, 3.8) is 0 Å². The molecule has 2 aromatic rings. The van der Waals surface area contributed by atoms with Crippen LogP contribution in [0, 0.1) is 0 Å². The highest BCUT2D eigenvalue weighted by Crippen LogP contribution is 2.21. The second-order valence-corrected chi connectivity index (χ2v) is 6.48. The summed E-state index contributed by atoms with van der Waals surface area (Å²) in [5.41, 5.74) is 4.58. The zero-order valence-electron chi connectivity index (χ0n) is 11.0. The van der Waals surface area contributed by atoms with Crippen LogP contribution in [0.1, 0.15) is 10.4 Å². The molecule has 0 aliphatic carbocycles. The summed E-state index contributed by atoms with van der Waals surface area (Å²) in [6, 6.07) is 11.8. The average Bonchev–Trinajstić information content (AvgIpc) is 3.16. The zero-order valence-corrected chi connectivity index (χ0v) is 13.4. The maximum Gasteiger partial charge on any atom is 0.256 e. The molecule has 0 fully saturated rings. The molecule has 21 heavy (non-hydrogen) atoms. The Balaban J connectivity index is 1.63. The first-order chi connectivity index (χ1) is 10.2. The van der Waals surface area contributed by atoms with Gasteiger partial charge in [0, 0.05) is 14.9 Å². The maximum atomic E-state index is 12.1. The summed E-state index contributed by atoms with van der Waals surface area (Å²) < 4.78 is 0.980. The molecule has 0 bridgehead atoms. The third-order valence-corrected chi connectivity index (χ3v) is 4.39. The molecule has 1 aliphatic heterocycles. The lowest BCUT2D eigenvalue weighted by Crippen LogP contribution is -2.34. The van der Waals surface area contributed by atoms with Crippen LogP contribution in [-0.4, -0.2) is 12.0 Å². The molecular weight excluding hydrogens is 352 g/mol. The van der Waals surface area contributed by atoms with E-state index in [1.54, 1.807) is 17.4 Å². The lowest BCUT2D eigenvalue weighted by molar-refractivity contribution is -0.131. The van der Waals surface area contributed by atoms with E-state index in [1.165, 1.54) is 0 Å². The van der Waals surface area contributed by atoms with Gasteiger partial charge in [-0.25, -0.2) is 0 Å². The molecule has 0 unspecified atom stereocenters. The van der Waals surface area contributed by atoms with E-state index in [1.807, 2.05) is 41.8 Å². The Morgan fingerprint density at radius 3 is 3.05 bits per heavy atom. The van der Waals surface area contributed by atoms with Crippen molar-refractivity contribution in [3.05, 3.63) is 62.8 Å². The first kappa shape index (κ1) is 14.3. The van der Waals surface area contributed by atoms with E-state index in [4.69, 9.17) is 4.84 Å². The van der Waals surface area contributed by atoms with Gasteiger partial charge in [0.2, 0.25) is 0 Å². The predicted octanol–water partition coefficient (Wildman–Crippen LogP) is 3.07. The summed E-state index contributed by atoms with van der Waals surface area (Å²) in [5.74, 6) is -0.152. The van der Waals surface area contributed by atoms with Gasteiger partial charge in [-0.2, -0.15) is 0 Å². The third kappa shape index (κ3) is 3.53. The highest BCUT2D eigenvalue weighted by atomic mass is 79.9. The summed E-state index contributed by atoms with van der Waals surface area (Å²) in [6.07, 6.45) is 1.17. The number of rotatable bonds is 4. The zero-order chi connectivity index (χ0) is 14.7. The van der Waals surface area contributed by atoms with E-state index >= 15 is 0 Å². The van der Waals surface area contributed by atoms with Crippen molar-refractivity contribution in [3.8, 4) is 0 Å². The van der Waals surface area contributed by atoms with Crippen molar-refractivity contribution in [2.45, 2.75) is 12.6 Å². The van der Waals surface area contributed by atoms with E-state index in [0.29, 0.717) is 6.54 Å². The van der Waals surface area contributed by atoms with Crippen molar-refractivity contribution in [2.24, 2.45) is 0 Å². The summed E-state index contributed by atoms with van der Waals surface area (Å²) >= 11 is 5.04. The summed E-state index contributed by atoms with van der Waals surface area (Å²) in [4.78, 5) is 18.5. The lowest BCUT2D eigenvalue weighted by atomic mass is 10.1. The van der Waals surface area contributed by atoms with Gasteiger partial charge in [0.1, 0.15) is 0 Å². The minimum Gasteiger partial charge on any atom is -0.349 e. The smallest absolute Gasteiger partial charge is 0.256 e. The molecule has 0 radical (unpaired) electrons. The van der Waals surface area contributed by atoms with Crippen LogP contribution in [0.3, 0.4) is 0 Å². The molecule has 2 heterocycles. The number of carbonyl (C=O) groups excluding carboxylic acids is 1. The van der Waals surface area contributed by atoms with Crippen molar-refractivity contribution in [1.82, 2.24) is 10.8 Å². The molecule has 0 saturated heterocycles. The Morgan fingerprint density at radius 1 is 1.38 bits per heavy atom. The van der Waals surface area contributed by atoms with E-state index in [2.05, 4.69) is 26.7 Å². The van der Waals surface area contributed by atoms with Gasteiger partial charge in [-0.05, 0) is 29.7 Å². The normalized spacial score (nSPS) is 17.2. The maximum absolute atomic E-state index is 12.1. The lowest BCUT2D eigenvalue weighted by Gasteiger charge is -2.07. The predicted molar refractivity (Wildman–Crippen MR) is 86.3 cm³/mol. The molecule has 6 heteroatoms. The quantitative estimate of drug-likeness (QED) is 0.876. The van der Waals surface area contributed by atoms with Crippen molar-refractivity contribution < 1.29 is 9.63 Å². The van der Waals surface area contributed by atoms with Crippen LogP contribution in [0.4, 0.5) is 0 Å². The van der Waals surface area contributed by atoms with Crippen molar-refractivity contribution in [1.29, 1.82) is 0 Å². The first-order valence-corrected chi connectivity index (χ1v) is 8.09. The second kappa shape index (κ2) is 6.43. The molecular formula is C15H13BrN2O2S. The fourth-order valence-corrected chi connectivity index (χ4v) is 3.02. The SMILES string of the molecule is O=C(NCc1cccs1)[C@H]1C=C(c2cccc(Br)c2)NO1. The van der Waals surface area contributed by atoms with Gasteiger partial charge in [-0.1, -0.05) is 34.1 Å². The minimum absolute atomic E-state index is 0.152. The molecule has 1 aromatic carbocycles. The van der Waals surface area contributed by atoms with Crippen LogP contribution < -0.4 is 10.8 Å². The van der Waals surface area contributed by atoms with Crippen LogP contribution in [0.2, 0.25) is 0 Å². The Hall–Kier alpha value is -1.63. The van der Waals surface area contributed by atoms with E-state index in [-0.39, 0.29) is 5.91 Å². The number of thiophene rings is 1. The molecule has 0 spiro atoms. The molecule has 4 nitrogen and oxygen atoms in total. The Labute approximate surface area is 134 Å². The number of carbonyl (C=O) groups is 1. The number of hydrogen-bond acceptors (Lipinski definition) is 4. The molecule has 1 atom stereocenters. The van der Waals surface area contributed by atoms with Crippen LogP contribution in [0.25, 0.3) is 5.70 Å². The average molecular weight is 365 g/mol. The highest BCUT2D eigenvalue weighted by Gasteiger charge is 2.24. The van der Waals surface area contributed by atoms with Gasteiger partial charge in [0.25, 0.3) is 5.91 Å². The molecule has 1 amide bonds. The molecule has 108 valence electrons. The van der Waals surface area contributed by atoms with Crippen LogP contribution in [-0.2, 0) is 16.2 Å². The molecule has 0 saturated carbocycles. The van der Waals surface area contributed by atoms with E-state index in [9.17, 15) is 4.79 Å². The van der Waals surface area contributed by atoms with Crippen LogP contribution in [0.5, 0.6) is 0 Å². The van der Waals surface area contributed by atoms with Gasteiger partial charge in [0.15, 0.2) is 6.10 Å². The Kier molecular flexibility index (Phi) is 4.38. The second-order valence-electron chi connectivity index (χ2n) is 4.53. The van der Waals surface area contributed by atoms with Gasteiger partial charge in [-0.15, -0.1) is 11.3 Å². The van der Waals surface area contributed by atoms with Crippen LogP contribution in [0.15, 0.2) is 52.3 Å². The van der Waals surface area contributed by atoms with Crippen molar-refractivity contribution in [2.75, 3.05) is 0 Å². The number of nitrogens with one attached hydrogen (secondary N) is 2. The first-order valence-electron chi connectivity index (χ1n) is 6.42. The largest absolute Gasteiger partial charge is 0.349 e. The van der Waals surface area contributed by atoms with Gasteiger partial charge >= 0.3 is 0 Å². The van der Waals surface area contributed by atoms with Gasteiger partial charge in [0.05, 0.1) is 12.2 Å². The summed E-state index contributed by atoms with van der Waals surface area (Å²) in [7, 11) is 0. The monoisotopic (exact) mass is 364 g/mol.